The molecule has 0 radical (unpaired) electrons. The molecule has 1 aromatic rings. The Morgan fingerprint density at radius 1 is 1.35 bits per heavy atom. The lowest BCUT2D eigenvalue weighted by Crippen LogP contribution is -2.36. The number of piperidine rings is 1. The standard InChI is InChI=1S/C18H30N2O3/c1-19(2)10-11-23-18-16(7-4-8-17(18)22-3)13-20-9-5-6-15(12-20)14-21/h4,7-8,15,21H,5-6,9-14H2,1-3H3/t15-/m1/s1. The fraction of sp³-hybridized carbons (Fsp3) is 0.667. The zero-order chi connectivity index (χ0) is 16.7. The number of hydrogen-bond acceptors (Lipinski definition) is 5. The Hall–Kier alpha value is -1.30. The summed E-state index contributed by atoms with van der Waals surface area (Å²) in [6, 6.07) is 6.07. The number of rotatable bonds is 8. The molecule has 130 valence electrons. The van der Waals surface area contributed by atoms with Crippen molar-refractivity contribution in [1.82, 2.24) is 9.80 Å². The highest BCUT2D eigenvalue weighted by Crippen LogP contribution is 2.32. The number of ether oxygens (including phenoxy) is 2. The van der Waals surface area contributed by atoms with Crippen LogP contribution in [0, 0.1) is 5.92 Å². The average Bonchev–Trinajstić information content (AvgIpc) is 2.56. The lowest BCUT2D eigenvalue weighted by Gasteiger charge is -2.32. The van der Waals surface area contributed by atoms with Crippen LogP contribution in [-0.4, -0.2) is 69.0 Å². The van der Waals surface area contributed by atoms with E-state index in [0.717, 1.165) is 56.1 Å². The van der Waals surface area contributed by atoms with Crippen LogP contribution in [0.4, 0.5) is 0 Å². The van der Waals surface area contributed by atoms with E-state index < -0.39 is 0 Å². The van der Waals surface area contributed by atoms with E-state index in [1.807, 2.05) is 26.2 Å². The maximum Gasteiger partial charge on any atom is 0.165 e. The molecule has 1 aromatic carbocycles. The second-order valence-corrected chi connectivity index (χ2v) is 6.53. The lowest BCUT2D eigenvalue weighted by molar-refractivity contribution is 0.114. The van der Waals surface area contributed by atoms with E-state index in [-0.39, 0.29) is 6.61 Å². The molecule has 23 heavy (non-hydrogen) atoms. The van der Waals surface area contributed by atoms with E-state index in [2.05, 4.69) is 15.9 Å². The van der Waals surface area contributed by atoms with Crippen molar-refractivity contribution in [2.24, 2.45) is 5.92 Å². The molecular weight excluding hydrogens is 292 g/mol. The monoisotopic (exact) mass is 322 g/mol. The summed E-state index contributed by atoms with van der Waals surface area (Å²) in [4.78, 5) is 4.50. The van der Waals surface area contributed by atoms with Gasteiger partial charge in [-0.25, -0.2) is 0 Å². The van der Waals surface area contributed by atoms with E-state index in [1.165, 1.54) is 0 Å². The summed E-state index contributed by atoms with van der Waals surface area (Å²) in [6.07, 6.45) is 2.27. The zero-order valence-electron chi connectivity index (χ0n) is 14.6. The summed E-state index contributed by atoms with van der Waals surface area (Å²) in [7, 11) is 5.76. The summed E-state index contributed by atoms with van der Waals surface area (Å²) in [5, 5.41) is 9.40. The Kier molecular flexibility index (Phi) is 7.15. The molecule has 1 saturated heterocycles. The van der Waals surface area contributed by atoms with Gasteiger partial charge in [0.25, 0.3) is 0 Å². The fourth-order valence-corrected chi connectivity index (χ4v) is 3.03. The van der Waals surface area contributed by atoms with Gasteiger partial charge in [-0.2, -0.15) is 0 Å². The first-order valence-corrected chi connectivity index (χ1v) is 8.40. The number of para-hydroxylation sites is 1. The third kappa shape index (κ3) is 5.37. The third-order valence-corrected chi connectivity index (χ3v) is 4.32. The Morgan fingerprint density at radius 3 is 2.87 bits per heavy atom. The van der Waals surface area contributed by atoms with Crippen molar-refractivity contribution in [3.05, 3.63) is 23.8 Å². The topological polar surface area (TPSA) is 45.2 Å². The van der Waals surface area contributed by atoms with Crippen molar-refractivity contribution in [1.29, 1.82) is 0 Å². The molecule has 1 N–H and O–H groups in total. The molecule has 0 amide bonds. The van der Waals surface area contributed by atoms with Crippen LogP contribution < -0.4 is 9.47 Å². The molecule has 1 heterocycles. The number of aliphatic hydroxyl groups excluding tert-OH is 1. The van der Waals surface area contributed by atoms with Crippen LogP contribution in [0.25, 0.3) is 0 Å². The van der Waals surface area contributed by atoms with Crippen LogP contribution in [0.2, 0.25) is 0 Å². The van der Waals surface area contributed by atoms with E-state index in [9.17, 15) is 5.11 Å². The zero-order valence-corrected chi connectivity index (χ0v) is 14.6. The fourth-order valence-electron chi connectivity index (χ4n) is 3.03. The van der Waals surface area contributed by atoms with E-state index >= 15 is 0 Å². The molecule has 5 nitrogen and oxygen atoms in total. The van der Waals surface area contributed by atoms with Gasteiger partial charge in [0.05, 0.1) is 7.11 Å². The van der Waals surface area contributed by atoms with E-state index in [1.54, 1.807) is 7.11 Å². The largest absolute Gasteiger partial charge is 0.493 e. The van der Waals surface area contributed by atoms with Crippen LogP contribution in [0.15, 0.2) is 18.2 Å². The smallest absolute Gasteiger partial charge is 0.165 e. The lowest BCUT2D eigenvalue weighted by atomic mass is 9.98. The predicted molar refractivity (Wildman–Crippen MR) is 92.1 cm³/mol. The quantitative estimate of drug-likeness (QED) is 0.791. The second-order valence-electron chi connectivity index (χ2n) is 6.53. The van der Waals surface area contributed by atoms with Crippen LogP contribution in [-0.2, 0) is 6.54 Å². The molecule has 0 spiro atoms. The molecule has 1 aliphatic heterocycles. The minimum Gasteiger partial charge on any atom is -0.493 e. The van der Waals surface area contributed by atoms with Crippen molar-refractivity contribution in [3.63, 3.8) is 0 Å². The van der Waals surface area contributed by atoms with Crippen molar-refractivity contribution in [2.45, 2.75) is 19.4 Å². The molecule has 0 unspecified atom stereocenters. The van der Waals surface area contributed by atoms with Gasteiger partial charge in [0, 0.05) is 31.8 Å². The maximum absolute atomic E-state index is 9.40. The first-order chi connectivity index (χ1) is 11.1. The SMILES string of the molecule is COc1cccc(CN2CCC[C@@H](CO)C2)c1OCCN(C)C. The van der Waals surface area contributed by atoms with Gasteiger partial charge in [0.15, 0.2) is 11.5 Å². The minimum atomic E-state index is 0.279. The van der Waals surface area contributed by atoms with Crippen LogP contribution in [0.5, 0.6) is 11.5 Å². The molecule has 2 rings (SSSR count). The Bertz CT molecular complexity index is 479. The number of nitrogens with zero attached hydrogens (tertiary/aromatic N) is 2. The normalized spacial score (nSPS) is 19.1. The number of hydrogen-bond donors (Lipinski definition) is 1. The molecule has 1 fully saturated rings. The highest BCUT2D eigenvalue weighted by Gasteiger charge is 2.21. The predicted octanol–water partition coefficient (Wildman–Crippen LogP) is 1.84. The molecule has 1 atom stereocenters. The van der Waals surface area contributed by atoms with Crippen LogP contribution in [0.3, 0.4) is 0 Å². The molecule has 0 bridgehead atoms. The minimum absolute atomic E-state index is 0.279. The molecule has 5 heteroatoms. The molecule has 0 aromatic heterocycles. The third-order valence-electron chi connectivity index (χ3n) is 4.32. The van der Waals surface area contributed by atoms with E-state index in [4.69, 9.17) is 9.47 Å². The van der Waals surface area contributed by atoms with Gasteiger partial charge in [-0.05, 0) is 45.5 Å². The van der Waals surface area contributed by atoms with Gasteiger partial charge in [0.2, 0.25) is 0 Å². The van der Waals surface area contributed by atoms with Crippen molar-refractivity contribution >= 4 is 0 Å². The Balaban J connectivity index is 2.07. The van der Waals surface area contributed by atoms with Gasteiger partial charge in [-0.1, -0.05) is 12.1 Å². The number of aliphatic hydroxyl groups is 1. The summed E-state index contributed by atoms with van der Waals surface area (Å²) in [6.45, 7) is 4.65. The van der Waals surface area contributed by atoms with Gasteiger partial charge >= 0.3 is 0 Å². The van der Waals surface area contributed by atoms with Gasteiger partial charge in [-0.15, -0.1) is 0 Å². The average molecular weight is 322 g/mol. The first kappa shape index (κ1) is 18.0. The van der Waals surface area contributed by atoms with Crippen LogP contribution in [0.1, 0.15) is 18.4 Å². The summed E-state index contributed by atoms with van der Waals surface area (Å²) in [5.74, 6) is 2.03. The Morgan fingerprint density at radius 2 is 2.17 bits per heavy atom. The first-order valence-electron chi connectivity index (χ1n) is 8.40. The van der Waals surface area contributed by atoms with Crippen molar-refractivity contribution < 1.29 is 14.6 Å². The summed E-state index contributed by atoms with van der Waals surface area (Å²) in [5.41, 5.74) is 1.15. The molecule has 1 aliphatic rings. The summed E-state index contributed by atoms with van der Waals surface area (Å²) < 4.78 is 11.5. The van der Waals surface area contributed by atoms with Crippen LogP contribution >= 0.6 is 0 Å². The van der Waals surface area contributed by atoms with Gasteiger partial charge in [0.1, 0.15) is 6.61 Å². The van der Waals surface area contributed by atoms with Gasteiger partial charge in [-0.3, -0.25) is 4.90 Å². The second kappa shape index (κ2) is 9.11. The number of likely N-dealkylation sites (N-methyl/N-ethyl adjacent to an activating group) is 1. The molecule has 0 aliphatic carbocycles. The highest BCUT2D eigenvalue weighted by atomic mass is 16.5. The Labute approximate surface area is 139 Å². The summed E-state index contributed by atoms with van der Waals surface area (Å²) >= 11 is 0. The molecular formula is C18H30N2O3. The van der Waals surface area contributed by atoms with Crippen molar-refractivity contribution in [2.75, 3.05) is 54.1 Å². The number of likely N-dealkylation sites (tertiary alicyclic amines) is 1. The van der Waals surface area contributed by atoms with E-state index in [0.29, 0.717) is 12.5 Å². The van der Waals surface area contributed by atoms with Crippen molar-refractivity contribution in [3.8, 4) is 11.5 Å². The highest BCUT2D eigenvalue weighted by molar-refractivity contribution is 5.46. The maximum atomic E-state index is 9.40. The molecule has 0 saturated carbocycles. The number of benzene rings is 1. The number of methoxy groups -OCH3 is 1. The van der Waals surface area contributed by atoms with Gasteiger partial charge < -0.3 is 19.5 Å².